The van der Waals surface area contributed by atoms with Gasteiger partial charge in [0.1, 0.15) is 0 Å². The van der Waals surface area contributed by atoms with E-state index >= 15 is 0 Å². The number of carbonyl (C=O) groups is 2. The maximum atomic E-state index is 13.5. The van der Waals surface area contributed by atoms with Crippen molar-refractivity contribution in [2.75, 3.05) is 25.6 Å². The molecule has 1 amide bonds. The summed E-state index contributed by atoms with van der Waals surface area (Å²) in [5.41, 5.74) is -0.472. The number of carbonyl (C=O) groups excluding carboxylic acids is 2. The van der Waals surface area contributed by atoms with Gasteiger partial charge in [-0.25, -0.2) is 18.0 Å². The van der Waals surface area contributed by atoms with Crippen LogP contribution in [0.25, 0.3) is 0 Å². The van der Waals surface area contributed by atoms with Crippen molar-refractivity contribution in [3.8, 4) is 11.5 Å². The first kappa shape index (κ1) is 20.1. The van der Waals surface area contributed by atoms with Crippen molar-refractivity contribution in [2.45, 2.75) is 6.92 Å². The first-order valence-electron chi connectivity index (χ1n) is 7.78. The summed E-state index contributed by atoms with van der Waals surface area (Å²) in [6.45, 7) is 1.43. The monoisotopic (exact) mass is 383 g/mol. The minimum absolute atomic E-state index is 0.0992. The fraction of sp³-hybridized carbons (Fsp3) is 0.222. The van der Waals surface area contributed by atoms with E-state index < -0.39 is 41.6 Å². The number of amides is 1. The molecule has 2 aromatic rings. The van der Waals surface area contributed by atoms with Crippen molar-refractivity contribution < 1.29 is 37.0 Å². The number of benzene rings is 2. The molecule has 0 saturated heterocycles. The highest BCUT2D eigenvalue weighted by Gasteiger charge is 2.17. The zero-order chi connectivity index (χ0) is 20.0. The Morgan fingerprint density at radius 1 is 1.04 bits per heavy atom. The summed E-state index contributed by atoms with van der Waals surface area (Å²) >= 11 is 0. The molecule has 9 heteroatoms. The van der Waals surface area contributed by atoms with E-state index in [1.54, 1.807) is 6.92 Å². The zero-order valence-corrected chi connectivity index (χ0v) is 14.5. The molecule has 1 N–H and O–H groups in total. The summed E-state index contributed by atoms with van der Waals surface area (Å²) in [7, 11) is 1.40. The van der Waals surface area contributed by atoms with Crippen molar-refractivity contribution in [2.24, 2.45) is 0 Å². The van der Waals surface area contributed by atoms with E-state index in [0.29, 0.717) is 24.2 Å². The number of ether oxygens (including phenoxy) is 3. The normalized spacial score (nSPS) is 10.3. The van der Waals surface area contributed by atoms with Gasteiger partial charge in [-0.3, -0.25) is 4.79 Å². The molecule has 0 aliphatic carbocycles. The van der Waals surface area contributed by atoms with Crippen molar-refractivity contribution in [3.05, 3.63) is 53.3 Å². The lowest BCUT2D eigenvalue weighted by molar-refractivity contribution is -0.119. The number of hydrogen-bond donors (Lipinski definition) is 1. The van der Waals surface area contributed by atoms with Gasteiger partial charge in [-0.1, -0.05) is 0 Å². The summed E-state index contributed by atoms with van der Waals surface area (Å²) in [6, 6.07) is 5.82. The highest BCUT2D eigenvalue weighted by atomic mass is 19.2. The average Bonchev–Trinajstić information content (AvgIpc) is 2.67. The Morgan fingerprint density at radius 3 is 2.44 bits per heavy atom. The number of nitrogens with one attached hydrogen (secondary N) is 1. The van der Waals surface area contributed by atoms with E-state index in [2.05, 4.69) is 0 Å². The van der Waals surface area contributed by atoms with Crippen LogP contribution in [0.15, 0.2) is 30.3 Å². The number of halogens is 3. The summed E-state index contributed by atoms with van der Waals surface area (Å²) in [4.78, 5) is 23.8. The van der Waals surface area contributed by atoms with Gasteiger partial charge < -0.3 is 19.5 Å². The maximum absolute atomic E-state index is 13.5. The van der Waals surface area contributed by atoms with Gasteiger partial charge in [0.25, 0.3) is 5.91 Å². The number of anilines is 1. The lowest BCUT2D eigenvalue weighted by Crippen LogP contribution is -2.21. The minimum atomic E-state index is -1.72. The van der Waals surface area contributed by atoms with E-state index in [1.165, 1.54) is 25.3 Å². The standard InChI is InChI=1S/C18H16F3NO5/c1-3-26-13-7-4-10(8-14(13)25-2)18(24)27-9-15(23)22-12-6-5-11(19)16(20)17(12)21/h4-8H,3,9H2,1-2H3,(H,22,23). The molecule has 0 atom stereocenters. The maximum Gasteiger partial charge on any atom is 0.338 e. The molecule has 6 nitrogen and oxygen atoms in total. The third-order valence-corrected chi connectivity index (χ3v) is 3.34. The van der Waals surface area contributed by atoms with E-state index in [9.17, 15) is 22.8 Å². The Kier molecular flexibility index (Phi) is 6.64. The Morgan fingerprint density at radius 2 is 1.78 bits per heavy atom. The molecular formula is C18H16F3NO5. The van der Waals surface area contributed by atoms with E-state index in [0.717, 1.165) is 6.07 Å². The van der Waals surface area contributed by atoms with Crippen LogP contribution in [0, 0.1) is 17.5 Å². The number of esters is 1. The van der Waals surface area contributed by atoms with Crippen molar-refractivity contribution >= 4 is 17.6 Å². The third-order valence-electron chi connectivity index (χ3n) is 3.34. The molecule has 0 aliphatic rings. The second-order valence-corrected chi connectivity index (χ2v) is 5.15. The molecule has 0 bridgehead atoms. The van der Waals surface area contributed by atoms with Crippen LogP contribution in [0.4, 0.5) is 18.9 Å². The molecule has 0 spiro atoms. The summed E-state index contributed by atoms with van der Waals surface area (Å²) in [6.07, 6.45) is 0. The van der Waals surface area contributed by atoms with Crippen LogP contribution in [-0.2, 0) is 9.53 Å². The topological polar surface area (TPSA) is 73.9 Å². The fourth-order valence-electron chi connectivity index (χ4n) is 2.09. The van der Waals surface area contributed by atoms with Gasteiger partial charge in [0.2, 0.25) is 0 Å². The number of rotatable bonds is 7. The predicted octanol–water partition coefficient (Wildman–Crippen LogP) is 3.31. The molecule has 0 fully saturated rings. The molecule has 0 unspecified atom stereocenters. The molecule has 144 valence electrons. The van der Waals surface area contributed by atoms with Gasteiger partial charge in [-0.15, -0.1) is 0 Å². The lowest BCUT2D eigenvalue weighted by atomic mass is 10.2. The number of hydrogen-bond acceptors (Lipinski definition) is 5. The van der Waals surface area contributed by atoms with Crippen LogP contribution in [-0.4, -0.2) is 32.2 Å². The van der Waals surface area contributed by atoms with E-state index in [-0.39, 0.29) is 5.56 Å². The van der Waals surface area contributed by atoms with Crippen LogP contribution in [0.2, 0.25) is 0 Å². The zero-order valence-electron chi connectivity index (χ0n) is 14.5. The fourth-order valence-corrected chi connectivity index (χ4v) is 2.09. The lowest BCUT2D eigenvalue weighted by Gasteiger charge is -2.11. The minimum Gasteiger partial charge on any atom is -0.493 e. The average molecular weight is 383 g/mol. The van der Waals surface area contributed by atoms with Gasteiger partial charge in [-0.05, 0) is 37.3 Å². The van der Waals surface area contributed by atoms with Gasteiger partial charge in [0.15, 0.2) is 35.6 Å². The second kappa shape index (κ2) is 8.93. The summed E-state index contributed by atoms with van der Waals surface area (Å²) in [5, 5.41) is 1.99. The van der Waals surface area contributed by atoms with Gasteiger partial charge in [0.05, 0.1) is 25.0 Å². The molecule has 2 rings (SSSR count). The third kappa shape index (κ3) is 4.90. The Balaban J connectivity index is 1.99. The van der Waals surface area contributed by atoms with Crippen LogP contribution < -0.4 is 14.8 Å². The second-order valence-electron chi connectivity index (χ2n) is 5.15. The van der Waals surface area contributed by atoms with Gasteiger partial charge in [0, 0.05) is 0 Å². The van der Waals surface area contributed by atoms with Crippen molar-refractivity contribution in [1.82, 2.24) is 0 Å². The van der Waals surface area contributed by atoms with Gasteiger partial charge in [-0.2, -0.15) is 0 Å². The van der Waals surface area contributed by atoms with Crippen LogP contribution in [0.5, 0.6) is 11.5 Å². The molecule has 2 aromatic carbocycles. The van der Waals surface area contributed by atoms with E-state index in [1.807, 2.05) is 5.32 Å². The summed E-state index contributed by atoms with van der Waals surface area (Å²) in [5.74, 6) is -5.68. The largest absolute Gasteiger partial charge is 0.493 e. The highest BCUT2D eigenvalue weighted by molar-refractivity contribution is 5.95. The Hall–Kier alpha value is -3.23. The predicted molar refractivity (Wildman–Crippen MR) is 89.4 cm³/mol. The molecule has 0 aromatic heterocycles. The van der Waals surface area contributed by atoms with Crippen molar-refractivity contribution in [1.29, 1.82) is 0 Å². The SMILES string of the molecule is CCOc1ccc(C(=O)OCC(=O)Nc2ccc(F)c(F)c2F)cc1OC. The van der Waals surface area contributed by atoms with Gasteiger partial charge >= 0.3 is 5.97 Å². The van der Waals surface area contributed by atoms with Crippen LogP contribution in [0.3, 0.4) is 0 Å². The highest BCUT2D eigenvalue weighted by Crippen LogP contribution is 2.28. The smallest absolute Gasteiger partial charge is 0.338 e. The molecule has 27 heavy (non-hydrogen) atoms. The molecular weight excluding hydrogens is 367 g/mol. The first-order valence-corrected chi connectivity index (χ1v) is 7.78. The molecule has 0 heterocycles. The number of methoxy groups -OCH3 is 1. The Labute approximate surface area is 152 Å². The quantitative estimate of drug-likeness (QED) is 0.587. The molecule has 0 saturated carbocycles. The van der Waals surface area contributed by atoms with Crippen LogP contribution >= 0.6 is 0 Å². The Bertz CT molecular complexity index is 857. The van der Waals surface area contributed by atoms with Crippen molar-refractivity contribution in [3.63, 3.8) is 0 Å². The molecule has 0 radical (unpaired) electrons. The molecule has 0 aliphatic heterocycles. The van der Waals surface area contributed by atoms with Crippen LogP contribution in [0.1, 0.15) is 17.3 Å². The first-order chi connectivity index (χ1) is 12.9. The summed E-state index contributed by atoms with van der Waals surface area (Å²) < 4.78 is 54.7. The van der Waals surface area contributed by atoms with E-state index in [4.69, 9.17) is 14.2 Å².